The third-order valence-electron chi connectivity index (χ3n) is 5.49. The summed E-state index contributed by atoms with van der Waals surface area (Å²) in [6.45, 7) is 5.78. The second-order valence-corrected chi connectivity index (χ2v) is 7.73. The van der Waals surface area contributed by atoms with Crippen molar-refractivity contribution in [3.05, 3.63) is 42.7 Å². The van der Waals surface area contributed by atoms with Crippen molar-refractivity contribution in [2.24, 2.45) is 0 Å². The van der Waals surface area contributed by atoms with Crippen molar-refractivity contribution in [1.82, 2.24) is 4.90 Å². The van der Waals surface area contributed by atoms with Crippen molar-refractivity contribution < 1.29 is 0 Å². The van der Waals surface area contributed by atoms with Crippen molar-refractivity contribution >= 4 is 5.69 Å². The number of hydrogen-bond donors (Lipinski definition) is 0. The number of anilines is 1. The first-order chi connectivity index (χ1) is 12.9. The molecule has 1 unspecified atom stereocenters. The summed E-state index contributed by atoms with van der Waals surface area (Å²) in [5, 5.41) is 0. The first-order valence-corrected chi connectivity index (χ1v) is 11.1. The van der Waals surface area contributed by atoms with Gasteiger partial charge in [-0.1, -0.05) is 96.3 Å². The summed E-state index contributed by atoms with van der Waals surface area (Å²) >= 11 is 0. The van der Waals surface area contributed by atoms with Crippen molar-refractivity contribution in [2.75, 3.05) is 11.4 Å². The number of unbranched alkanes of at least 4 members (excludes halogenated alkanes) is 9. The zero-order chi connectivity index (χ0) is 18.5. The van der Waals surface area contributed by atoms with E-state index in [2.05, 4.69) is 66.4 Å². The topological polar surface area (TPSA) is 6.48 Å². The third kappa shape index (κ3) is 7.05. The van der Waals surface area contributed by atoms with Gasteiger partial charge in [0.1, 0.15) is 6.17 Å². The monoisotopic (exact) mass is 356 g/mol. The number of hydrogen-bond acceptors (Lipinski definition) is 2. The quantitative estimate of drug-likeness (QED) is 0.322. The van der Waals surface area contributed by atoms with Crippen LogP contribution >= 0.6 is 0 Å². The molecule has 0 aliphatic carbocycles. The van der Waals surface area contributed by atoms with Crippen LogP contribution in [0.1, 0.15) is 90.9 Å². The highest BCUT2D eigenvalue weighted by Gasteiger charge is 2.25. The molecular formula is C24H40N2. The predicted octanol–water partition coefficient (Wildman–Crippen LogP) is 7.33. The maximum absolute atomic E-state index is 2.56. The molecule has 2 heteroatoms. The van der Waals surface area contributed by atoms with Crippen molar-refractivity contribution in [2.45, 2.75) is 97.1 Å². The molecular weight excluding hydrogens is 316 g/mol. The lowest BCUT2D eigenvalue weighted by Crippen LogP contribution is -2.39. The summed E-state index contributed by atoms with van der Waals surface area (Å²) < 4.78 is 0. The Morgan fingerprint density at radius 1 is 0.692 bits per heavy atom. The summed E-state index contributed by atoms with van der Waals surface area (Å²) in [7, 11) is 0. The second kappa shape index (κ2) is 12.8. The third-order valence-corrected chi connectivity index (χ3v) is 5.49. The molecule has 0 N–H and O–H groups in total. The molecule has 0 saturated carbocycles. The van der Waals surface area contributed by atoms with E-state index in [1.807, 2.05) is 0 Å². The first-order valence-electron chi connectivity index (χ1n) is 11.1. The van der Waals surface area contributed by atoms with E-state index < -0.39 is 0 Å². The van der Waals surface area contributed by atoms with E-state index in [1.165, 1.54) is 89.3 Å². The summed E-state index contributed by atoms with van der Waals surface area (Å²) in [5.74, 6) is 0. The van der Waals surface area contributed by atoms with Crippen LogP contribution in [0.15, 0.2) is 42.7 Å². The average molecular weight is 357 g/mol. The maximum Gasteiger partial charge on any atom is 0.105 e. The number of para-hydroxylation sites is 1. The smallest absolute Gasteiger partial charge is 0.105 e. The molecule has 0 aromatic heterocycles. The Morgan fingerprint density at radius 3 is 1.92 bits per heavy atom. The zero-order valence-electron chi connectivity index (χ0n) is 17.2. The van der Waals surface area contributed by atoms with Gasteiger partial charge >= 0.3 is 0 Å². The number of benzene rings is 1. The molecule has 1 aliphatic heterocycles. The Morgan fingerprint density at radius 2 is 1.31 bits per heavy atom. The zero-order valence-corrected chi connectivity index (χ0v) is 17.2. The van der Waals surface area contributed by atoms with E-state index in [4.69, 9.17) is 0 Å². The van der Waals surface area contributed by atoms with E-state index in [0.29, 0.717) is 6.17 Å². The molecule has 1 aromatic rings. The van der Waals surface area contributed by atoms with Crippen LogP contribution in [0.25, 0.3) is 0 Å². The molecule has 1 aliphatic rings. The molecule has 0 saturated heterocycles. The highest BCUT2D eigenvalue weighted by atomic mass is 15.4. The summed E-state index contributed by atoms with van der Waals surface area (Å²) in [5.41, 5.74) is 1.31. The maximum atomic E-state index is 2.56. The molecule has 0 spiro atoms. The van der Waals surface area contributed by atoms with E-state index in [0.717, 1.165) is 0 Å². The van der Waals surface area contributed by atoms with E-state index in [-0.39, 0.29) is 0 Å². The molecule has 0 amide bonds. The van der Waals surface area contributed by atoms with Crippen molar-refractivity contribution in [1.29, 1.82) is 0 Å². The molecule has 0 fully saturated rings. The van der Waals surface area contributed by atoms with Crippen LogP contribution < -0.4 is 4.90 Å². The lowest BCUT2D eigenvalue weighted by Gasteiger charge is -2.32. The molecule has 1 heterocycles. The highest BCUT2D eigenvalue weighted by Crippen LogP contribution is 2.27. The van der Waals surface area contributed by atoms with E-state index in [1.54, 1.807) is 0 Å². The SMILES string of the molecule is CCCCCCCCCCCCN1C=CN(c2ccccc2)C1CCC. The van der Waals surface area contributed by atoms with Gasteiger partial charge < -0.3 is 9.80 Å². The largest absolute Gasteiger partial charge is 0.356 e. The summed E-state index contributed by atoms with van der Waals surface area (Å²) in [6, 6.07) is 10.8. The van der Waals surface area contributed by atoms with Gasteiger partial charge in [-0.2, -0.15) is 0 Å². The van der Waals surface area contributed by atoms with Crippen LogP contribution in [0.3, 0.4) is 0 Å². The van der Waals surface area contributed by atoms with Crippen LogP contribution in [-0.4, -0.2) is 17.6 Å². The van der Waals surface area contributed by atoms with E-state index >= 15 is 0 Å². The van der Waals surface area contributed by atoms with Gasteiger partial charge in [0.25, 0.3) is 0 Å². The van der Waals surface area contributed by atoms with Gasteiger partial charge in [0.2, 0.25) is 0 Å². The Kier molecular flexibility index (Phi) is 10.3. The lowest BCUT2D eigenvalue weighted by atomic mass is 10.1. The number of nitrogens with zero attached hydrogens (tertiary/aromatic N) is 2. The highest BCUT2D eigenvalue weighted by molar-refractivity contribution is 5.51. The fraction of sp³-hybridized carbons (Fsp3) is 0.667. The standard InChI is InChI=1S/C24H40N2/c1-3-5-6-7-8-9-10-11-12-16-20-25-21-22-26(24(25)17-4-2)23-18-14-13-15-19-23/h13-15,18-19,21-22,24H,3-12,16-17,20H2,1-2H3. The molecule has 2 nitrogen and oxygen atoms in total. The summed E-state index contributed by atoms with van der Waals surface area (Å²) in [4.78, 5) is 5.00. The Hall–Kier alpha value is -1.44. The lowest BCUT2D eigenvalue weighted by molar-refractivity contribution is 0.277. The molecule has 1 atom stereocenters. The van der Waals surface area contributed by atoms with Gasteiger partial charge in [-0.25, -0.2) is 0 Å². The second-order valence-electron chi connectivity index (χ2n) is 7.73. The fourth-order valence-corrected chi connectivity index (χ4v) is 3.94. The molecule has 2 rings (SSSR count). The minimum absolute atomic E-state index is 0.501. The summed E-state index contributed by atoms with van der Waals surface area (Å²) in [6.07, 6.45) is 21.6. The Balaban J connectivity index is 1.62. The predicted molar refractivity (Wildman–Crippen MR) is 115 cm³/mol. The van der Waals surface area contributed by atoms with Crippen molar-refractivity contribution in [3.8, 4) is 0 Å². The fourth-order valence-electron chi connectivity index (χ4n) is 3.94. The van der Waals surface area contributed by atoms with Crippen molar-refractivity contribution in [3.63, 3.8) is 0 Å². The van der Waals surface area contributed by atoms with Crippen LogP contribution in [0.5, 0.6) is 0 Å². The van der Waals surface area contributed by atoms with Gasteiger partial charge in [0, 0.05) is 24.6 Å². The first kappa shape index (κ1) is 20.9. The van der Waals surface area contributed by atoms with E-state index in [9.17, 15) is 0 Å². The molecule has 1 aromatic carbocycles. The van der Waals surface area contributed by atoms with Gasteiger partial charge in [-0.15, -0.1) is 0 Å². The molecule has 0 bridgehead atoms. The average Bonchev–Trinajstić information content (AvgIpc) is 3.07. The van der Waals surface area contributed by atoms with Crippen LogP contribution in [0.4, 0.5) is 5.69 Å². The van der Waals surface area contributed by atoms with Gasteiger partial charge in [0.15, 0.2) is 0 Å². The van der Waals surface area contributed by atoms with Gasteiger partial charge in [-0.3, -0.25) is 0 Å². The van der Waals surface area contributed by atoms with Gasteiger partial charge in [0.05, 0.1) is 0 Å². The minimum Gasteiger partial charge on any atom is -0.356 e. The van der Waals surface area contributed by atoms with Crippen LogP contribution in [0, 0.1) is 0 Å². The van der Waals surface area contributed by atoms with Gasteiger partial charge in [-0.05, 0) is 25.0 Å². The van der Waals surface area contributed by atoms with Crippen LogP contribution in [-0.2, 0) is 0 Å². The number of rotatable bonds is 14. The molecule has 26 heavy (non-hydrogen) atoms. The Bertz CT molecular complexity index is 482. The van der Waals surface area contributed by atoms with Crippen LogP contribution in [0.2, 0.25) is 0 Å². The minimum atomic E-state index is 0.501. The molecule has 146 valence electrons. The molecule has 0 radical (unpaired) electrons. The Labute approximate surface area is 162 Å². The normalized spacial score (nSPS) is 16.6.